The van der Waals surface area contributed by atoms with Crippen molar-refractivity contribution in [3.05, 3.63) is 50.6 Å². The van der Waals surface area contributed by atoms with Gasteiger partial charge in [-0.15, -0.1) is 6.42 Å². The number of rotatable bonds is 3. The molecule has 0 unspecified atom stereocenters. The van der Waals surface area contributed by atoms with Crippen molar-refractivity contribution in [3.63, 3.8) is 0 Å². The molecule has 0 spiro atoms. The number of carbonyl (C=O) groups excluding carboxylic acids is 1. The van der Waals surface area contributed by atoms with Crippen LogP contribution in [0.4, 0.5) is 5.69 Å². The highest BCUT2D eigenvalue weighted by Crippen LogP contribution is 2.19. The second-order valence-electron chi connectivity index (χ2n) is 3.81. The lowest BCUT2D eigenvalue weighted by Crippen LogP contribution is -2.24. The monoisotopic (exact) mass is 272 g/mol. The number of carbonyl (C=O) groups is 1. The maximum Gasteiger partial charge on any atom is 0.344 e. The van der Waals surface area contributed by atoms with E-state index in [1.807, 2.05) is 0 Å². The number of nitrogens with one attached hydrogen (secondary N) is 1. The molecule has 1 N–H and O–H groups in total. The Balaban J connectivity index is 2.55. The fourth-order valence-corrected chi connectivity index (χ4v) is 1.62. The molecule has 0 bridgehead atoms. The van der Waals surface area contributed by atoms with E-state index < -0.39 is 16.5 Å². The number of hydrogen-bond donors (Lipinski definition) is 1. The molecular weight excluding hydrogens is 264 g/mol. The summed E-state index contributed by atoms with van der Waals surface area (Å²) in [5.74, 6) is 1.29. The van der Waals surface area contributed by atoms with Crippen LogP contribution in [0.5, 0.6) is 0 Å². The Hall–Kier alpha value is -3.14. The topological polar surface area (TPSA) is 102 Å². The van der Waals surface area contributed by atoms with Gasteiger partial charge in [0.2, 0.25) is 0 Å². The van der Waals surface area contributed by atoms with Gasteiger partial charge in [-0.1, -0.05) is 5.92 Å². The number of benzene rings is 1. The first-order valence-electron chi connectivity index (χ1n) is 5.47. The van der Waals surface area contributed by atoms with Crippen molar-refractivity contribution in [2.75, 3.05) is 6.54 Å². The van der Waals surface area contributed by atoms with Crippen LogP contribution >= 0.6 is 0 Å². The van der Waals surface area contributed by atoms with Crippen LogP contribution in [-0.2, 0) is 0 Å². The van der Waals surface area contributed by atoms with Gasteiger partial charge < -0.3 is 9.73 Å². The molecule has 0 aliphatic carbocycles. The molecule has 0 saturated heterocycles. The van der Waals surface area contributed by atoms with Gasteiger partial charge in [-0.3, -0.25) is 14.9 Å². The summed E-state index contributed by atoms with van der Waals surface area (Å²) in [6.07, 6.45) is 5.00. The van der Waals surface area contributed by atoms with E-state index in [-0.39, 0.29) is 28.8 Å². The molecule has 2 aromatic rings. The second-order valence-corrected chi connectivity index (χ2v) is 3.81. The van der Waals surface area contributed by atoms with Crippen LogP contribution in [0.1, 0.15) is 10.6 Å². The Morgan fingerprint density at radius 1 is 1.45 bits per heavy atom. The quantitative estimate of drug-likeness (QED) is 0.511. The van der Waals surface area contributed by atoms with Crippen molar-refractivity contribution in [2.24, 2.45) is 0 Å². The average molecular weight is 272 g/mol. The smallest absolute Gasteiger partial charge is 0.344 e. The van der Waals surface area contributed by atoms with Gasteiger partial charge in [0.05, 0.1) is 16.9 Å². The summed E-state index contributed by atoms with van der Waals surface area (Å²) in [5.41, 5.74) is -0.929. The molecule has 1 aromatic heterocycles. The van der Waals surface area contributed by atoms with Crippen molar-refractivity contribution in [1.29, 1.82) is 0 Å². The first kappa shape index (κ1) is 13.3. The van der Waals surface area contributed by atoms with Crippen molar-refractivity contribution >= 4 is 22.4 Å². The number of nitro benzene ring substituents is 1. The van der Waals surface area contributed by atoms with Gasteiger partial charge in [0, 0.05) is 12.1 Å². The van der Waals surface area contributed by atoms with Gasteiger partial charge in [-0.25, -0.2) is 4.79 Å². The molecule has 7 nitrogen and oxygen atoms in total. The predicted molar refractivity (Wildman–Crippen MR) is 70.3 cm³/mol. The molecular formula is C13H8N2O5. The maximum absolute atomic E-state index is 11.7. The zero-order valence-corrected chi connectivity index (χ0v) is 10.1. The SMILES string of the molecule is C#CCNC(=O)c1cc2cc([N+](=O)[O-])ccc2c(=O)o1. The Labute approximate surface area is 112 Å². The summed E-state index contributed by atoms with van der Waals surface area (Å²) >= 11 is 0. The first-order valence-corrected chi connectivity index (χ1v) is 5.47. The second kappa shape index (κ2) is 5.24. The maximum atomic E-state index is 11.7. The number of nitro groups is 1. The molecule has 1 aromatic carbocycles. The number of terminal acetylenes is 1. The molecule has 0 aliphatic heterocycles. The van der Waals surface area contributed by atoms with E-state index in [2.05, 4.69) is 11.2 Å². The molecule has 0 aliphatic rings. The van der Waals surface area contributed by atoms with E-state index in [1.165, 1.54) is 24.3 Å². The predicted octanol–water partition coefficient (Wildman–Crippen LogP) is 1.06. The third-order valence-corrected chi connectivity index (χ3v) is 2.53. The molecule has 0 saturated carbocycles. The third kappa shape index (κ3) is 2.49. The summed E-state index contributed by atoms with van der Waals surface area (Å²) in [4.78, 5) is 33.4. The molecule has 0 fully saturated rings. The zero-order valence-electron chi connectivity index (χ0n) is 10.1. The zero-order chi connectivity index (χ0) is 14.7. The summed E-state index contributed by atoms with van der Waals surface area (Å²) in [6, 6.07) is 4.93. The molecule has 7 heteroatoms. The Bertz CT molecular complexity index is 800. The van der Waals surface area contributed by atoms with Crippen molar-refractivity contribution in [2.45, 2.75) is 0 Å². The van der Waals surface area contributed by atoms with Crippen LogP contribution in [-0.4, -0.2) is 17.4 Å². The highest BCUT2D eigenvalue weighted by Gasteiger charge is 2.14. The van der Waals surface area contributed by atoms with Gasteiger partial charge in [0.1, 0.15) is 0 Å². The van der Waals surface area contributed by atoms with Crippen LogP contribution in [0.25, 0.3) is 10.8 Å². The standard InChI is InChI=1S/C13H8N2O5/c1-2-5-14-12(16)11-7-8-6-9(15(18)19)3-4-10(8)13(17)20-11/h1,3-4,6-7H,5H2,(H,14,16). The van der Waals surface area contributed by atoms with E-state index in [9.17, 15) is 19.7 Å². The molecule has 1 heterocycles. The molecule has 0 radical (unpaired) electrons. The number of hydrogen-bond acceptors (Lipinski definition) is 5. The van der Waals surface area contributed by atoms with Crippen LogP contribution in [0.2, 0.25) is 0 Å². The van der Waals surface area contributed by atoms with Gasteiger partial charge in [0.15, 0.2) is 5.76 Å². The molecule has 1 amide bonds. The highest BCUT2D eigenvalue weighted by atomic mass is 16.6. The number of amides is 1. The van der Waals surface area contributed by atoms with E-state index in [0.29, 0.717) is 0 Å². The minimum Gasteiger partial charge on any atom is -0.417 e. The number of nitrogens with zero attached hydrogens (tertiary/aromatic N) is 1. The van der Waals surface area contributed by atoms with Crippen molar-refractivity contribution in [1.82, 2.24) is 5.32 Å². The summed E-state index contributed by atoms with van der Waals surface area (Å²) in [5, 5.41) is 13.4. The fraction of sp³-hybridized carbons (Fsp3) is 0.0769. The van der Waals surface area contributed by atoms with Crippen molar-refractivity contribution < 1.29 is 14.1 Å². The van der Waals surface area contributed by atoms with Crippen LogP contribution in [0.3, 0.4) is 0 Å². The summed E-state index contributed by atoms with van der Waals surface area (Å²) < 4.78 is 4.84. The third-order valence-electron chi connectivity index (χ3n) is 2.53. The van der Waals surface area contributed by atoms with Gasteiger partial charge in [0.25, 0.3) is 11.6 Å². The Morgan fingerprint density at radius 3 is 2.85 bits per heavy atom. The van der Waals surface area contributed by atoms with E-state index >= 15 is 0 Å². The lowest BCUT2D eigenvalue weighted by Gasteiger charge is -2.02. The lowest BCUT2D eigenvalue weighted by atomic mass is 10.1. The highest BCUT2D eigenvalue weighted by molar-refractivity contribution is 5.95. The summed E-state index contributed by atoms with van der Waals surface area (Å²) in [7, 11) is 0. The van der Waals surface area contributed by atoms with E-state index in [4.69, 9.17) is 10.8 Å². The molecule has 20 heavy (non-hydrogen) atoms. The van der Waals surface area contributed by atoms with Crippen LogP contribution in [0, 0.1) is 22.5 Å². The minimum atomic E-state index is -0.747. The number of non-ortho nitro benzene ring substituents is 1. The first-order chi connectivity index (χ1) is 9.52. The lowest BCUT2D eigenvalue weighted by molar-refractivity contribution is -0.384. The number of fused-ring (bicyclic) bond motifs is 1. The molecule has 100 valence electrons. The Kier molecular flexibility index (Phi) is 3.48. The van der Waals surface area contributed by atoms with Crippen LogP contribution < -0.4 is 10.9 Å². The normalized spacial score (nSPS) is 9.95. The largest absolute Gasteiger partial charge is 0.417 e. The van der Waals surface area contributed by atoms with Crippen LogP contribution in [0.15, 0.2) is 33.5 Å². The van der Waals surface area contributed by atoms with Gasteiger partial charge in [-0.2, -0.15) is 0 Å². The molecule has 2 rings (SSSR count). The van der Waals surface area contributed by atoms with Crippen molar-refractivity contribution in [3.8, 4) is 12.3 Å². The summed E-state index contributed by atoms with van der Waals surface area (Å²) in [6.45, 7) is -0.0183. The van der Waals surface area contributed by atoms with Gasteiger partial charge >= 0.3 is 5.63 Å². The van der Waals surface area contributed by atoms with E-state index in [1.54, 1.807) is 0 Å². The van der Waals surface area contributed by atoms with Gasteiger partial charge in [-0.05, 0) is 17.5 Å². The minimum absolute atomic E-state index is 0.0183. The van der Waals surface area contributed by atoms with E-state index in [0.717, 1.165) is 0 Å². The Morgan fingerprint density at radius 2 is 2.20 bits per heavy atom. The molecule has 0 atom stereocenters. The fourth-order valence-electron chi connectivity index (χ4n) is 1.62. The average Bonchev–Trinajstić information content (AvgIpc) is 2.43.